The van der Waals surface area contributed by atoms with Crippen LogP contribution in [-0.2, 0) is 11.2 Å². The first-order valence-corrected chi connectivity index (χ1v) is 6.37. The summed E-state index contributed by atoms with van der Waals surface area (Å²) < 4.78 is 1.88. The van der Waals surface area contributed by atoms with Crippen LogP contribution in [0.5, 0.6) is 0 Å². The fourth-order valence-corrected chi connectivity index (χ4v) is 2.31. The van der Waals surface area contributed by atoms with Gasteiger partial charge in [-0.25, -0.2) is 9.78 Å². The van der Waals surface area contributed by atoms with Crippen LogP contribution in [0, 0.1) is 0 Å². The number of carboxylic acids is 1. The summed E-state index contributed by atoms with van der Waals surface area (Å²) in [5, 5.41) is 9.35. The number of benzene rings is 1. The van der Waals surface area contributed by atoms with Gasteiger partial charge in [0, 0.05) is 6.42 Å². The molecular formula is C14H18N2O2. The van der Waals surface area contributed by atoms with Crippen molar-refractivity contribution >= 4 is 17.0 Å². The number of hydrogen-bond acceptors (Lipinski definition) is 2. The van der Waals surface area contributed by atoms with E-state index in [1.165, 1.54) is 0 Å². The van der Waals surface area contributed by atoms with Gasteiger partial charge >= 0.3 is 5.97 Å². The number of aliphatic carboxylic acids is 1. The van der Waals surface area contributed by atoms with Crippen molar-refractivity contribution in [3.05, 3.63) is 30.1 Å². The van der Waals surface area contributed by atoms with Gasteiger partial charge in [-0.05, 0) is 25.0 Å². The molecule has 1 aromatic carbocycles. The third kappa shape index (κ3) is 2.10. The topological polar surface area (TPSA) is 55.1 Å². The SMILES string of the molecule is CCCc1nc2ccccc2n1[C@H](CC)C(=O)O. The molecular weight excluding hydrogens is 228 g/mol. The molecule has 0 amide bonds. The lowest BCUT2D eigenvalue weighted by molar-refractivity contribution is -0.140. The maximum absolute atomic E-state index is 11.4. The summed E-state index contributed by atoms with van der Waals surface area (Å²) in [7, 11) is 0. The minimum atomic E-state index is -0.794. The molecule has 1 heterocycles. The van der Waals surface area contributed by atoms with Crippen LogP contribution in [0.15, 0.2) is 24.3 Å². The van der Waals surface area contributed by atoms with E-state index in [0.29, 0.717) is 6.42 Å². The highest BCUT2D eigenvalue weighted by molar-refractivity contribution is 5.80. The van der Waals surface area contributed by atoms with Crippen LogP contribution >= 0.6 is 0 Å². The first kappa shape index (κ1) is 12.6. The second-order valence-corrected chi connectivity index (χ2v) is 4.40. The Kier molecular flexibility index (Phi) is 3.65. The monoisotopic (exact) mass is 246 g/mol. The van der Waals surface area contributed by atoms with E-state index in [-0.39, 0.29) is 0 Å². The quantitative estimate of drug-likeness (QED) is 0.882. The second kappa shape index (κ2) is 5.21. The van der Waals surface area contributed by atoms with Gasteiger partial charge in [-0.2, -0.15) is 0 Å². The van der Waals surface area contributed by atoms with Crippen molar-refractivity contribution in [1.82, 2.24) is 9.55 Å². The minimum Gasteiger partial charge on any atom is -0.480 e. The Bertz CT molecular complexity index is 560. The number of hydrogen-bond donors (Lipinski definition) is 1. The largest absolute Gasteiger partial charge is 0.480 e. The van der Waals surface area contributed by atoms with Crippen LogP contribution in [0.2, 0.25) is 0 Å². The highest BCUT2D eigenvalue weighted by Gasteiger charge is 2.22. The van der Waals surface area contributed by atoms with E-state index in [1.807, 2.05) is 35.8 Å². The third-order valence-electron chi connectivity index (χ3n) is 3.13. The number of aryl methyl sites for hydroxylation is 1. The van der Waals surface area contributed by atoms with Crippen molar-refractivity contribution in [2.24, 2.45) is 0 Å². The zero-order chi connectivity index (χ0) is 13.1. The van der Waals surface area contributed by atoms with Crippen LogP contribution in [0.4, 0.5) is 0 Å². The zero-order valence-corrected chi connectivity index (χ0v) is 10.8. The Morgan fingerprint density at radius 3 is 2.72 bits per heavy atom. The molecule has 4 heteroatoms. The molecule has 1 aromatic heterocycles. The Labute approximate surface area is 106 Å². The molecule has 96 valence electrons. The van der Waals surface area contributed by atoms with Gasteiger partial charge in [0.25, 0.3) is 0 Å². The van der Waals surface area contributed by atoms with E-state index in [4.69, 9.17) is 0 Å². The first-order valence-electron chi connectivity index (χ1n) is 6.37. The highest BCUT2D eigenvalue weighted by atomic mass is 16.4. The first-order chi connectivity index (χ1) is 8.69. The van der Waals surface area contributed by atoms with Crippen LogP contribution in [-0.4, -0.2) is 20.6 Å². The number of fused-ring (bicyclic) bond motifs is 1. The maximum Gasteiger partial charge on any atom is 0.326 e. The zero-order valence-electron chi connectivity index (χ0n) is 10.8. The van der Waals surface area contributed by atoms with Gasteiger partial charge < -0.3 is 9.67 Å². The van der Waals surface area contributed by atoms with Crippen molar-refractivity contribution in [2.75, 3.05) is 0 Å². The van der Waals surface area contributed by atoms with Gasteiger partial charge in [0.1, 0.15) is 11.9 Å². The van der Waals surface area contributed by atoms with Crippen molar-refractivity contribution in [1.29, 1.82) is 0 Å². The van der Waals surface area contributed by atoms with E-state index in [0.717, 1.165) is 29.7 Å². The summed E-state index contributed by atoms with van der Waals surface area (Å²) in [6, 6.07) is 7.19. The predicted molar refractivity (Wildman–Crippen MR) is 70.7 cm³/mol. The molecule has 2 aromatic rings. The molecule has 0 spiro atoms. The third-order valence-corrected chi connectivity index (χ3v) is 3.13. The normalized spacial score (nSPS) is 12.8. The summed E-state index contributed by atoms with van der Waals surface area (Å²) in [6.45, 7) is 3.97. The number of carboxylic acid groups (broad SMARTS) is 1. The van der Waals surface area contributed by atoms with E-state index in [2.05, 4.69) is 11.9 Å². The molecule has 18 heavy (non-hydrogen) atoms. The molecule has 0 bridgehead atoms. The smallest absolute Gasteiger partial charge is 0.326 e. The van der Waals surface area contributed by atoms with Gasteiger partial charge in [0.05, 0.1) is 11.0 Å². The Morgan fingerprint density at radius 2 is 2.11 bits per heavy atom. The van der Waals surface area contributed by atoms with Crippen molar-refractivity contribution in [3.63, 3.8) is 0 Å². The highest BCUT2D eigenvalue weighted by Crippen LogP contribution is 2.24. The number of rotatable bonds is 5. The van der Waals surface area contributed by atoms with Crippen LogP contribution in [0.25, 0.3) is 11.0 Å². The van der Waals surface area contributed by atoms with Gasteiger partial charge in [-0.3, -0.25) is 0 Å². The number of aromatic nitrogens is 2. The van der Waals surface area contributed by atoms with E-state index < -0.39 is 12.0 Å². The minimum absolute atomic E-state index is 0.529. The molecule has 4 nitrogen and oxygen atoms in total. The van der Waals surface area contributed by atoms with E-state index in [1.54, 1.807) is 0 Å². The van der Waals surface area contributed by atoms with Crippen LogP contribution in [0.3, 0.4) is 0 Å². The van der Waals surface area contributed by atoms with Crippen molar-refractivity contribution < 1.29 is 9.90 Å². The average molecular weight is 246 g/mol. The molecule has 0 saturated carbocycles. The van der Waals surface area contributed by atoms with Gasteiger partial charge in [-0.1, -0.05) is 26.0 Å². The van der Waals surface area contributed by atoms with Gasteiger partial charge in [-0.15, -0.1) is 0 Å². The Balaban J connectivity index is 2.63. The van der Waals surface area contributed by atoms with Crippen molar-refractivity contribution in [3.8, 4) is 0 Å². The molecule has 0 saturated heterocycles. The van der Waals surface area contributed by atoms with Crippen LogP contribution < -0.4 is 0 Å². The van der Waals surface area contributed by atoms with Crippen molar-refractivity contribution in [2.45, 2.75) is 39.2 Å². The molecule has 1 atom stereocenters. The standard InChI is InChI=1S/C14H18N2O2/c1-3-7-13-15-10-8-5-6-9-12(10)16(13)11(4-2)14(17)18/h5-6,8-9,11H,3-4,7H2,1-2H3,(H,17,18)/t11-/m1/s1. The van der Waals surface area contributed by atoms with E-state index >= 15 is 0 Å². The lowest BCUT2D eigenvalue weighted by Gasteiger charge is -2.16. The molecule has 0 radical (unpaired) electrons. The molecule has 2 rings (SSSR count). The number of imidazole rings is 1. The number of para-hydroxylation sites is 2. The molecule has 0 aliphatic rings. The lowest BCUT2D eigenvalue weighted by Crippen LogP contribution is -2.20. The average Bonchev–Trinajstić information content (AvgIpc) is 2.69. The fourth-order valence-electron chi connectivity index (χ4n) is 2.31. The number of carbonyl (C=O) groups is 1. The lowest BCUT2D eigenvalue weighted by atomic mass is 10.2. The Hall–Kier alpha value is -1.84. The van der Waals surface area contributed by atoms with E-state index in [9.17, 15) is 9.90 Å². The summed E-state index contributed by atoms with van der Waals surface area (Å²) in [4.78, 5) is 15.9. The molecule has 0 aliphatic carbocycles. The maximum atomic E-state index is 11.4. The molecule has 0 aliphatic heterocycles. The second-order valence-electron chi connectivity index (χ2n) is 4.40. The van der Waals surface area contributed by atoms with Gasteiger partial charge in [0.15, 0.2) is 0 Å². The van der Waals surface area contributed by atoms with Gasteiger partial charge in [0.2, 0.25) is 0 Å². The Morgan fingerprint density at radius 1 is 1.39 bits per heavy atom. The molecule has 1 N–H and O–H groups in total. The summed E-state index contributed by atoms with van der Waals surface area (Å²) in [5.41, 5.74) is 1.79. The van der Waals surface area contributed by atoms with Crippen LogP contribution in [0.1, 0.15) is 38.6 Å². The molecule has 0 fully saturated rings. The molecule has 0 unspecified atom stereocenters. The number of nitrogens with zero attached hydrogens (tertiary/aromatic N) is 2. The predicted octanol–water partition coefficient (Wildman–Crippen LogP) is 3.02. The summed E-state index contributed by atoms with van der Waals surface area (Å²) in [6.07, 6.45) is 2.32. The fraction of sp³-hybridized carbons (Fsp3) is 0.429. The summed E-state index contributed by atoms with van der Waals surface area (Å²) >= 11 is 0. The summed E-state index contributed by atoms with van der Waals surface area (Å²) in [5.74, 6) is 0.0750.